The van der Waals surface area contributed by atoms with Crippen molar-refractivity contribution >= 4 is 49.6 Å². The van der Waals surface area contributed by atoms with E-state index in [1.165, 1.54) is 0 Å². The van der Waals surface area contributed by atoms with E-state index in [0.29, 0.717) is 30.2 Å². The first-order valence-electron chi connectivity index (χ1n) is 7.44. The molecule has 1 aromatic carbocycles. The number of nitrogens with one attached hydrogen (secondary N) is 1. The number of thiophene rings is 1. The van der Waals surface area contributed by atoms with Gasteiger partial charge in [0.15, 0.2) is 0 Å². The number of rotatable bonds is 6. The molecule has 6 nitrogen and oxygen atoms in total. The third-order valence-electron chi connectivity index (χ3n) is 3.88. The van der Waals surface area contributed by atoms with Crippen molar-refractivity contribution in [1.82, 2.24) is 4.90 Å². The van der Waals surface area contributed by atoms with E-state index < -0.39 is 0 Å². The molecule has 1 amide bonds. The van der Waals surface area contributed by atoms with Gasteiger partial charge >= 0.3 is 5.00 Å². The lowest BCUT2D eigenvalue weighted by Gasteiger charge is -2.15. The third kappa shape index (κ3) is 3.40. The Balaban J connectivity index is 1.71. The summed E-state index contributed by atoms with van der Waals surface area (Å²) in [5.74, 6) is 0.198. The first-order valence-corrected chi connectivity index (χ1v) is 8.64. The molecule has 1 saturated heterocycles. The Labute approximate surface area is 142 Å². The molecule has 2 heterocycles. The van der Waals surface area contributed by atoms with Crippen LogP contribution in [-0.2, 0) is 4.79 Å². The van der Waals surface area contributed by atoms with E-state index in [0.717, 1.165) is 40.8 Å². The fourth-order valence-electron chi connectivity index (χ4n) is 2.78. The SMILES string of the molecule is O=C1CCCN1CCCNc1c([N+](=O)[O-])sc2ccc(Cl)cc12. The summed E-state index contributed by atoms with van der Waals surface area (Å²) in [6, 6.07) is 5.27. The predicted molar refractivity (Wildman–Crippen MR) is 92.4 cm³/mol. The van der Waals surface area contributed by atoms with Crippen LogP contribution in [0.15, 0.2) is 18.2 Å². The Morgan fingerprint density at radius 1 is 1.43 bits per heavy atom. The number of hydrogen-bond acceptors (Lipinski definition) is 5. The van der Waals surface area contributed by atoms with Crippen molar-refractivity contribution in [2.45, 2.75) is 19.3 Å². The maximum Gasteiger partial charge on any atom is 0.348 e. The summed E-state index contributed by atoms with van der Waals surface area (Å²) in [6.45, 7) is 2.07. The van der Waals surface area contributed by atoms with E-state index in [9.17, 15) is 14.9 Å². The van der Waals surface area contributed by atoms with E-state index in [4.69, 9.17) is 11.6 Å². The van der Waals surface area contributed by atoms with Gasteiger partial charge in [0.2, 0.25) is 5.91 Å². The van der Waals surface area contributed by atoms with Gasteiger partial charge in [-0.3, -0.25) is 14.9 Å². The number of benzene rings is 1. The van der Waals surface area contributed by atoms with Crippen LogP contribution in [0.3, 0.4) is 0 Å². The van der Waals surface area contributed by atoms with E-state index in [1.807, 2.05) is 4.90 Å². The highest BCUT2D eigenvalue weighted by Gasteiger charge is 2.22. The van der Waals surface area contributed by atoms with Crippen LogP contribution in [0.1, 0.15) is 19.3 Å². The summed E-state index contributed by atoms with van der Waals surface area (Å²) in [6.07, 6.45) is 2.30. The Kier molecular flexibility index (Phi) is 4.68. The summed E-state index contributed by atoms with van der Waals surface area (Å²) in [5, 5.41) is 15.8. The van der Waals surface area contributed by atoms with Crippen molar-refractivity contribution in [2.24, 2.45) is 0 Å². The fourth-order valence-corrected chi connectivity index (χ4v) is 3.93. The Bertz CT molecular complexity index is 762. The van der Waals surface area contributed by atoms with Crippen LogP contribution in [0, 0.1) is 10.1 Å². The number of anilines is 1. The molecule has 1 aliphatic heterocycles. The number of nitro groups is 1. The molecule has 3 rings (SSSR count). The van der Waals surface area contributed by atoms with Crippen LogP contribution in [0.4, 0.5) is 10.7 Å². The smallest absolute Gasteiger partial charge is 0.348 e. The number of fused-ring (bicyclic) bond motifs is 1. The highest BCUT2D eigenvalue weighted by molar-refractivity contribution is 7.23. The van der Waals surface area contributed by atoms with Crippen molar-refractivity contribution in [3.8, 4) is 0 Å². The molecule has 0 saturated carbocycles. The predicted octanol–water partition coefficient (Wildman–Crippen LogP) is 3.89. The van der Waals surface area contributed by atoms with Gasteiger partial charge in [0, 0.05) is 41.2 Å². The average Bonchev–Trinajstić information content (AvgIpc) is 3.07. The molecule has 2 aromatic rings. The molecule has 23 heavy (non-hydrogen) atoms. The van der Waals surface area contributed by atoms with Gasteiger partial charge in [0.1, 0.15) is 5.69 Å². The lowest BCUT2D eigenvalue weighted by molar-refractivity contribution is -0.379. The van der Waals surface area contributed by atoms with Gasteiger partial charge in [0.05, 0.1) is 4.92 Å². The molecule has 1 N–H and O–H groups in total. The van der Waals surface area contributed by atoms with E-state index in [2.05, 4.69) is 5.32 Å². The average molecular weight is 354 g/mol. The molecule has 8 heteroatoms. The maximum absolute atomic E-state index is 11.6. The standard InChI is InChI=1S/C15H16ClN3O3S/c16-10-4-5-12-11(9-10)14(15(23-12)19(21)22)17-6-2-8-18-7-1-3-13(18)20/h4-5,9,17H,1-3,6-8H2. The third-order valence-corrected chi connectivity index (χ3v) is 5.23. The van der Waals surface area contributed by atoms with Gasteiger partial charge in [0.25, 0.3) is 0 Å². The number of halogens is 1. The summed E-state index contributed by atoms with van der Waals surface area (Å²) in [4.78, 5) is 24.3. The second kappa shape index (κ2) is 6.72. The Morgan fingerprint density at radius 2 is 2.26 bits per heavy atom. The zero-order chi connectivity index (χ0) is 16.4. The fraction of sp³-hybridized carbons (Fsp3) is 0.400. The van der Waals surface area contributed by atoms with E-state index in [1.54, 1.807) is 18.2 Å². The van der Waals surface area contributed by atoms with Gasteiger partial charge in [-0.05, 0) is 31.0 Å². The van der Waals surface area contributed by atoms with Gasteiger partial charge in [-0.25, -0.2) is 0 Å². The molecule has 1 aliphatic rings. The molecule has 0 atom stereocenters. The molecule has 0 radical (unpaired) electrons. The largest absolute Gasteiger partial charge is 0.378 e. The van der Waals surface area contributed by atoms with Crippen molar-refractivity contribution in [2.75, 3.05) is 25.0 Å². The first-order chi connectivity index (χ1) is 11.1. The number of carbonyl (C=O) groups excluding carboxylic acids is 1. The lowest BCUT2D eigenvalue weighted by Crippen LogP contribution is -2.26. The number of likely N-dealkylation sites (tertiary alicyclic amines) is 1. The molecule has 0 bridgehead atoms. The normalized spacial score (nSPS) is 14.7. The highest BCUT2D eigenvalue weighted by Crippen LogP contribution is 2.42. The highest BCUT2D eigenvalue weighted by atomic mass is 35.5. The lowest BCUT2D eigenvalue weighted by atomic mass is 10.2. The molecule has 1 aromatic heterocycles. The minimum Gasteiger partial charge on any atom is -0.378 e. The van der Waals surface area contributed by atoms with Gasteiger partial charge in [-0.15, -0.1) is 0 Å². The molecule has 0 unspecified atom stereocenters. The second-order valence-corrected chi connectivity index (χ2v) is 6.91. The Morgan fingerprint density at radius 3 is 2.96 bits per heavy atom. The zero-order valence-corrected chi connectivity index (χ0v) is 14.0. The van der Waals surface area contributed by atoms with Crippen LogP contribution >= 0.6 is 22.9 Å². The summed E-state index contributed by atoms with van der Waals surface area (Å²) < 4.78 is 0.832. The maximum atomic E-state index is 11.6. The monoisotopic (exact) mass is 353 g/mol. The molecule has 0 aliphatic carbocycles. The molecular weight excluding hydrogens is 338 g/mol. The number of hydrogen-bond donors (Lipinski definition) is 1. The first kappa shape index (κ1) is 16.0. The van der Waals surface area contributed by atoms with Gasteiger partial charge in [-0.1, -0.05) is 22.9 Å². The van der Waals surface area contributed by atoms with E-state index >= 15 is 0 Å². The van der Waals surface area contributed by atoms with Crippen molar-refractivity contribution in [3.63, 3.8) is 0 Å². The molecule has 0 spiro atoms. The minimum absolute atomic E-state index is 0.0968. The summed E-state index contributed by atoms with van der Waals surface area (Å²) in [7, 11) is 0. The number of amides is 1. The second-order valence-electron chi connectivity index (χ2n) is 5.44. The van der Waals surface area contributed by atoms with Crippen LogP contribution < -0.4 is 5.32 Å². The van der Waals surface area contributed by atoms with Crippen molar-refractivity contribution < 1.29 is 9.72 Å². The zero-order valence-electron chi connectivity index (χ0n) is 12.4. The van der Waals surface area contributed by atoms with Crippen LogP contribution in [0.2, 0.25) is 5.02 Å². The van der Waals surface area contributed by atoms with Crippen LogP contribution in [-0.4, -0.2) is 35.4 Å². The quantitative estimate of drug-likeness (QED) is 0.485. The Hall–Kier alpha value is -1.86. The van der Waals surface area contributed by atoms with Gasteiger partial charge < -0.3 is 10.2 Å². The van der Waals surface area contributed by atoms with Crippen LogP contribution in [0.25, 0.3) is 10.1 Å². The molecular formula is C15H16ClN3O3S. The number of nitrogens with zero attached hydrogens (tertiary/aromatic N) is 2. The van der Waals surface area contributed by atoms with E-state index in [-0.39, 0.29) is 15.8 Å². The molecule has 122 valence electrons. The summed E-state index contributed by atoms with van der Waals surface area (Å²) in [5.41, 5.74) is 0.519. The van der Waals surface area contributed by atoms with Gasteiger partial charge in [-0.2, -0.15) is 0 Å². The van der Waals surface area contributed by atoms with Crippen molar-refractivity contribution in [1.29, 1.82) is 0 Å². The minimum atomic E-state index is -0.370. The topological polar surface area (TPSA) is 75.5 Å². The summed E-state index contributed by atoms with van der Waals surface area (Å²) >= 11 is 7.15. The number of carbonyl (C=O) groups is 1. The van der Waals surface area contributed by atoms with Crippen molar-refractivity contribution in [3.05, 3.63) is 33.3 Å². The van der Waals surface area contributed by atoms with Crippen LogP contribution in [0.5, 0.6) is 0 Å². The molecule has 1 fully saturated rings.